The number of rotatable bonds is 2. The highest BCUT2D eigenvalue weighted by molar-refractivity contribution is 5.87. The molecule has 1 aromatic heterocycles. The van der Waals surface area contributed by atoms with E-state index in [2.05, 4.69) is 21.8 Å². The molecule has 0 bridgehead atoms. The molecule has 0 radical (unpaired) electrons. The van der Waals surface area contributed by atoms with Gasteiger partial charge >= 0.3 is 0 Å². The van der Waals surface area contributed by atoms with Gasteiger partial charge in [0, 0.05) is 6.54 Å². The molecule has 2 rings (SSSR count). The van der Waals surface area contributed by atoms with Crippen LogP contribution in [-0.2, 0) is 9.53 Å². The molecule has 16 heavy (non-hydrogen) atoms. The molecular formula is C10H14N4O2. The second-order valence-electron chi connectivity index (χ2n) is 3.63. The minimum absolute atomic E-state index is 0.0828. The van der Waals surface area contributed by atoms with E-state index in [1.165, 1.54) is 6.08 Å². The van der Waals surface area contributed by atoms with Crippen LogP contribution < -0.4 is 0 Å². The number of carbonyl (C=O) groups excluding carboxylic acids is 1. The van der Waals surface area contributed by atoms with Gasteiger partial charge in [-0.3, -0.25) is 9.89 Å². The maximum absolute atomic E-state index is 11.5. The topological polar surface area (TPSA) is 71.1 Å². The van der Waals surface area contributed by atoms with Gasteiger partial charge in [-0.25, -0.2) is 4.98 Å². The van der Waals surface area contributed by atoms with E-state index in [4.69, 9.17) is 4.74 Å². The molecule has 0 aliphatic carbocycles. The van der Waals surface area contributed by atoms with Crippen LogP contribution in [0.15, 0.2) is 12.7 Å². The number of nitrogens with one attached hydrogen (secondary N) is 1. The standard InChI is InChI=1S/C10H14N4O2/c1-3-9(15)14-4-5-16-8(6-14)10-11-7(2)12-13-10/h3,8H,1,4-6H2,2H3,(H,11,12,13). The number of aromatic nitrogens is 3. The summed E-state index contributed by atoms with van der Waals surface area (Å²) in [6.45, 7) is 6.85. The van der Waals surface area contributed by atoms with Gasteiger partial charge in [-0.05, 0) is 13.0 Å². The zero-order valence-electron chi connectivity index (χ0n) is 9.14. The lowest BCUT2D eigenvalue weighted by Crippen LogP contribution is -2.41. The molecule has 1 N–H and O–H groups in total. The molecule has 1 fully saturated rings. The highest BCUT2D eigenvalue weighted by Crippen LogP contribution is 2.18. The van der Waals surface area contributed by atoms with Crippen molar-refractivity contribution in [2.24, 2.45) is 0 Å². The first-order valence-corrected chi connectivity index (χ1v) is 5.12. The van der Waals surface area contributed by atoms with Crippen LogP contribution >= 0.6 is 0 Å². The fourth-order valence-electron chi connectivity index (χ4n) is 1.64. The lowest BCUT2D eigenvalue weighted by Gasteiger charge is -2.30. The van der Waals surface area contributed by atoms with Gasteiger partial charge in [0.15, 0.2) is 5.82 Å². The predicted octanol–water partition coefficient (Wildman–Crippen LogP) is 0.199. The maximum Gasteiger partial charge on any atom is 0.246 e. The first kappa shape index (κ1) is 10.8. The van der Waals surface area contributed by atoms with Crippen molar-refractivity contribution in [3.8, 4) is 0 Å². The quantitative estimate of drug-likeness (QED) is 0.725. The Bertz CT molecular complexity index is 401. The summed E-state index contributed by atoms with van der Waals surface area (Å²) in [7, 11) is 0. The third-order valence-electron chi connectivity index (χ3n) is 2.46. The first-order chi connectivity index (χ1) is 7.70. The van der Waals surface area contributed by atoms with Crippen molar-refractivity contribution in [1.29, 1.82) is 0 Å². The minimum Gasteiger partial charge on any atom is -0.366 e. The zero-order chi connectivity index (χ0) is 11.5. The molecule has 0 aromatic carbocycles. The fraction of sp³-hybridized carbons (Fsp3) is 0.500. The monoisotopic (exact) mass is 222 g/mol. The van der Waals surface area contributed by atoms with Gasteiger partial charge in [-0.2, -0.15) is 5.10 Å². The Labute approximate surface area is 93.3 Å². The number of hydrogen-bond acceptors (Lipinski definition) is 4. The minimum atomic E-state index is -0.248. The van der Waals surface area contributed by atoms with E-state index in [9.17, 15) is 4.79 Å². The molecule has 86 valence electrons. The molecule has 1 aliphatic heterocycles. The first-order valence-electron chi connectivity index (χ1n) is 5.12. The number of morpholine rings is 1. The predicted molar refractivity (Wildman–Crippen MR) is 56.6 cm³/mol. The van der Waals surface area contributed by atoms with E-state index >= 15 is 0 Å². The van der Waals surface area contributed by atoms with Crippen LogP contribution in [0.5, 0.6) is 0 Å². The lowest BCUT2D eigenvalue weighted by molar-refractivity contribution is -0.134. The third kappa shape index (κ3) is 2.11. The van der Waals surface area contributed by atoms with E-state index in [0.29, 0.717) is 25.5 Å². The average molecular weight is 222 g/mol. The summed E-state index contributed by atoms with van der Waals surface area (Å²) < 4.78 is 5.53. The van der Waals surface area contributed by atoms with Gasteiger partial charge < -0.3 is 9.64 Å². The summed E-state index contributed by atoms with van der Waals surface area (Å²) in [6.07, 6.45) is 1.06. The Balaban J connectivity index is 2.07. The van der Waals surface area contributed by atoms with Gasteiger partial charge in [-0.1, -0.05) is 6.58 Å². The van der Waals surface area contributed by atoms with Crippen LogP contribution in [0.3, 0.4) is 0 Å². The lowest BCUT2D eigenvalue weighted by atomic mass is 10.2. The summed E-state index contributed by atoms with van der Waals surface area (Å²) in [5.74, 6) is 1.25. The molecule has 1 unspecified atom stereocenters. The number of amides is 1. The largest absolute Gasteiger partial charge is 0.366 e. The normalized spacial score (nSPS) is 20.8. The number of nitrogens with zero attached hydrogens (tertiary/aromatic N) is 3. The number of hydrogen-bond donors (Lipinski definition) is 1. The van der Waals surface area contributed by atoms with Crippen molar-refractivity contribution < 1.29 is 9.53 Å². The van der Waals surface area contributed by atoms with E-state index in [-0.39, 0.29) is 12.0 Å². The highest BCUT2D eigenvalue weighted by atomic mass is 16.5. The highest BCUT2D eigenvalue weighted by Gasteiger charge is 2.26. The average Bonchev–Trinajstić information content (AvgIpc) is 2.75. The Morgan fingerprint density at radius 3 is 3.19 bits per heavy atom. The molecule has 1 aliphatic rings. The number of ether oxygens (including phenoxy) is 1. The second kappa shape index (κ2) is 4.44. The Morgan fingerprint density at radius 2 is 2.56 bits per heavy atom. The second-order valence-corrected chi connectivity index (χ2v) is 3.63. The number of aryl methyl sites for hydroxylation is 1. The summed E-state index contributed by atoms with van der Waals surface area (Å²) in [4.78, 5) is 17.3. The van der Waals surface area contributed by atoms with Crippen LogP contribution in [0.4, 0.5) is 0 Å². The van der Waals surface area contributed by atoms with Crippen molar-refractivity contribution in [2.75, 3.05) is 19.7 Å². The van der Waals surface area contributed by atoms with Gasteiger partial charge in [0.25, 0.3) is 0 Å². The maximum atomic E-state index is 11.5. The molecule has 0 spiro atoms. The van der Waals surface area contributed by atoms with Crippen LogP contribution in [0.2, 0.25) is 0 Å². The van der Waals surface area contributed by atoms with Crippen molar-refractivity contribution in [2.45, 2.75) is 13.0 Å². The SMILES string of the molecule is C=CC(=O)N1CCOC(c2n[nH]c(C)n2)C1. The molecule has 6 heteroatoms. The van der Waals surface area contributed by atoms with E-state index < -0.39 is 0 Å². The molecule has 2 heterocycles. The molecule has 1 aromatic rings. The third-order valence-corrected chi connectivity index (χ3v) is 2.46. The van der Waals surface area contributed by atoms with Crippen LogP contribution in [-0.4, -0.2) is 45.7 Å². The summed E-state index contributed by atoms with van der Waals surface area (Å²) >= 11 is 0. The van der Waals surface area contributed by atoms with Crippen LogP contribution in [0, 0.1) is 6.92 Å². The van der Waals surface area contributed by atoms with E-state index in [0.717, 1.165) is 5.82 Å². The van der Waals surface area contributed by atoms with Gasteiger partial charge in [0.1, 0.15) is 11.9 Å². The van der Waals surface area contributed by atoms with Crippen LogP contribution in [0.25, 0.3) is 0 Å². The van der Waals surface area contributed by atoms with Crippen molar-refractivity contribution in [3.63, 3.8) is 0 Å². The molecule has 1 saturated heterocycles. The Kier molecular flexibility index (Phi) is 3.00. The van der Waals surface area contributed by atoms with Gasteiger partial charge in [0.05, 0.1) is 13.2 Å². The van der Waals surface area contributed by atoms with E-state index in [1.807, 2.05) is 6.92 Å². The van der Waals surface area contributed by atoms with E-state index in [1.54, 1.807) is 4.90 Å². The number of carbonyl (C=O) groups is 1. The Morgan fingerprint density at radius 1 is 1.75 bits per heavy atom. The van der Waals surface area contributed by atoms with Gasteiger partial charge in [0.2, 0.25) is 5.91 Å². The number of aromatic amines is 1. The summed E-state index contributed by atoms with van der Waals surface area (Å²) in [5, 5.41) is 6.79. The van der Waals surface area contributed by atoms with Gasteiger partial charge in [-0.15, -0.1) is 0 Å². The zero-order valence-corrected chi connectivity index (χ0v) is 9.14. The molecule has 1 amide bonds. The smallest absolute Gasteiger partial charge is 0.246 e. The van der Waals surface area contributed by atoms with Crippen molar-refractivity contribution >= 4 is 5.91 Å². The molecular weight excluding hydrogens is 208 g/mol. The fourth-order valence-corrected chi connectivity index (χ4v) is 1.64. The van der Waals surface area contributed by atoms with Crippen molar-refractivity contribution in [1.82, 2.24) is 20.1 Å². The summed E-state index contributed by atoms with van der Waals surface area (Å²) in [5.41, 5.74) is 0. The molecule has 6 nitrogen and oxygen atoms in total. The Hall–Kier alpha value is -1.69. The molecule has 0 saturated carbocycles. The number of H-pyrrole nitrogens is 1. The summed E-state index contributed by atoms with van der Waals surface area (Å²) in [6, 6.07) is 0. The van der Waals surface area contributed by atoms with Crippen LogP contribution in [0.1, 0.15) is 17.8 Å². The molecule has 1 atom stereocenters. The van der Waals surface area contributed by atoms with Crippen molar-refractivity contribution in [3.05, 3.63) is 24.3 Å².